The molecule has 0 aliphatic carbocycles. The van der Waals surface area contributed by atoms with Crippen LogP contribution in [0.3, 0.4) is 0 Å². The third-order valence-corrected chi connectivity index (χ3v) is 9.93. The summed E-state index contributed by atoms with van der Waals surface area (Å²) >= 11 is 0. The molecule has 3 heterocycles. The van der Waals surface area contributed by atoms with Gasteiger partial charge in [-0.15, -0.1) is 0 Å². The Labute approximate surface area is 290 Å². The fourth-order valence-corrected chi connectivity index (χ4v) is 6.60. The van der Waals surface area contributed by atoms with Gasteiger partial charge in [-0.25, -0.2) is 24.1 Å². The third-order valence-electron chi connectivity index (χ3n) is 8.13. The van der Waals surface area contributed by atoms with E-state index >= 15 is 0 Å². The van der Waals surface area contributed by atoms with Gasteiger partial charge in [0.15, 0.2) is 42.3 Å². The first kappa shape index (κ1) is 35.1. The molecular formula is C37H37N5O6P2+2. The lowest BCUT2D eigenvalue weighted by atomic mass is 10.0. The van der Waals surface area contributed by atoms with Crippen LogP contribution in [0.4, 0.5) is 0 Å². The summed E-state index contributed by atoms with van der Waals surface area (Å²) < 4.78 is 26.1. The SMILES string of the molecule is O=P(O)(O)CCC[n+]1ccc(-c2ccc(-c3nc(-c4ccccc4)nc(-c4ccc(-c5cc[n+](CCCP(=O)(O)O)cc5)cc4)n3)cc2)cc1. The van der Waals surface area contributed by atoms with E-state index < -0.39 is 15.2 Å². The zero-order valence-electron chi connectivity index (χ0n) is 27.1. The Kier molecular flexibility index (Phi) is 10.8. The number of hydrogen-bond donors (Lipinski definition) is 4. The maximum absolute atomic E-state index is 11.1. The predicted molar refractivity (Wildman–Crippen MR) is 190 cm³/mol. The maximum atomic E-state index is 11.1. The van der Waals surface area contributed by atoms with Crippen LogP contribution in [-0.4, -0.2) is 46.8 Å². The molecule has 3 aromatic heterocycles. The Balaban J connectivity index is 1.22. The van der Waals surface area contributed by atoms with Gasteiger partial charge < -0.3 is 19.6 Å². The van der Waals surface area contributed by atoms with Crippen molar-refractivity contribution in [3.05, 3.63) is 128 Å². The second kappa shape index (κ2) is 15.4. The molecule has 6 aromatic rings. The van der Waals surface area contributed by atoms with Gasteiger partial charge in [0.05, 0.1) is 12.3 Å². The van der Waals surface area contributed by atoms with E-state index in [1.54, 1.807) is 0 Å². The minimum absolute atomic E-state index is 0.137. The van der Waals surface area contributed by atoms with E-state index in [2.05, 4.69) is 0 Å². The average Bonchev–Trinajstić information content (AvgIpc) is 3.11. The number of aromatic nitrogens is 5. The van der Waals surface area contributed by atoms with Crippen molar-refractivity contribution in [2.24, 2.45) is 0 Å². The smallest absolute Gasteiger partial charge is 0.324 e. The van der Waals surface area contributed by atoms with E-state index in [1.165, 1.54) is 0 Å². The summed E-state index contributed by atoms with van der Waals surface area (Å²) in [6.45, 7) is 1.05. The Morgan fingerprint density at radius 1 is 0.420 bits per heavy atom. The van der Waals surface area contributed by atoms with Crippen molar-refractivity contribution in [3.8, 4) is 56.4 Å². The lowest BCUT2D eigenvalue weighted by Crippen LogP contribution is -2.32. The average molecular weight is 710 g/mol. The zero-order chi connectivity index (χ0) is 35.1. The van der Waals surface area contributed by atoms with E-state index in [0.29, 0.717) is 43.4 Å². The monoisotopic (exact) mass is 709 g/mol. The molecule has 0 spiro atoms. The highest BCUT2D eigenvalue weighted by Gasteiger charge is 2.16. The topological polar surface area (TPSA) is 161 Å². The summed E-state index contributed by atoms with van der Waals surface area (Å²) in [4.78, 5) is 51.0. The quantitative estimate of drug-likeness (QED) is 0.0843. The minimum atomic E-state index is -4.00. The van der Waals surface area contributed by atoms with Crippen molar-refractivity contribution >= 4 is 15.2 Å². The molecule has 3 aromatic carbocycles. The van der Waals surface area contributed by atoms with E-state index in [4.69, 9.17) is 34.5 Å². The lowest BCUT2D eigenvalue weighted by Gasteiger charge is -2.10. The van der Waals surface area contributed by atoms with Gasteiger partial charge in [0.25, 0.3) is 0 Å². The molecule has 13 heteroatoms. The summed E-state index contributed by atoms with van der Waals surface area (Å²) in [5, 5.41) is 0. The van der Waals surface area contributed by atoms with Crippen LogP contribution in [0.15, 0.2) is 128 Å². The maximum Gasteiger partial charge on any atom is 0.325 e. The molecule has 0 saturated carbocycles. The second-order valence-corrected chi connectivity index (χ2v) is 15.5. The lowest BCUT2D eigenvalue weighted by molar-refractivity contribution is -0.696. The summed E-state index contributed by atoms with van der Waals surface area (Å²) in [5.74, 6) is 1.66. The molecule has 0 aliphatic heterocycles. The zero-order valence-corrected chi connectivity index (χ0v) is 28.9. The van der Waals surface area contributed by atoms with Crippen LogP contribution in [0.25, 0.3) is 56.4 Å². The molecule has 0 aliphatic rings. The van der Waals surface area contributed by atoms with Crippen molar-refractivity contribution in [1.29, 1.82) is 0 Å². The Morgan fingerprint density at radius 3 is 1.06 bits per heavy atom. The summed E-state index contributed by atoms with van der Waals surface area (Å²) in [6, 6.07) is 33.7. The van der Waals surface area contributed by atoms with Gasteiger partial charge in [-0.3, -0.25) is 9.13 Å². The van der Waals surface area contributed by atoms with Gasteiger partial charge in [-0.05, 0) is 22.3 Å². The Hall–Kier alpha value is -4.73. The number of hydrogen-bond acceptors (Lipinski definition) is 5. The largest absolute Gasteiger partial charge is 0.325 e. The molecule has 0 atom stereocenters. The van der Waals surface area contributed by atoms with Crippen molar-refractivity contribution in [1.82, 2.24) is 15.0 Å². The van der Waals surface area contributed by atoms with E-state index in [0.717, 1.165) is 38.9 Å². The first-order valence-corrected chi connectivity index (χ1v) is 19.7. The molecule has 0 saturated heterocycles. The summed E-state index contributed by atoms with van der Waals surface area (Å²) in [7, 11) is -8.00. The molecule has 0 fully saturated rings. The van der Waals surface area contributed by atoms with Gasteiger partial charge in [-0.1, -0.05) is 78.9 Å². The number of rotatable bonds is 13. The molecule has 6 rings (SSSR count). The molecule has 254 valence electrons. The minimum Gasteiger partial charge on any atom is -0.324 e. The summed E-state index contributed by atoms with van der Waals surface area (Å²) in [5.41, 5.74) is 6.60. The van der Waals surface area contributed by atoms with Gasteiger partial charge in [0.2, 0.25) is 0 Å². The van der Waals surface area contributed by atoms with Gasteiger partial charge in [0.1, 0.15) is 13.1 Å². The number of aryl methyl sites for hydroxylation is 2. The van der Waals surface area contributed by atoms with Crippen LogP contribution in [0.1, 0.15) is 12.8 Å². The molecule has 0 bridgehead atoms. The molecule has 0 radical (unpaired) electrons. The molecular weight excluding hydrogens is 672 g/mol. The van der Waals surface area contributed by atoms with Crippen molar-refractivity contribution in [2.45, 2.75) is 25.9 Å². The van der Waals surface area contributed by atoms with Gasteiger partial charge in [-0.2, -0.15) is 0 Å². The second-order valence-electron chi connectivity index (χ2n) is 12.0. The van der Waals surface area contributed by atoms with E-state index in [9.17, 15) is 9.13 Å². The number of benzene rings is 3. The Bertz CT molecular complexity index is 2000. The van der Waals surface area contributed by atoms with Crippen LogP contribution in [0, 0.1) is 0 Å². The molecule has 0 unspecified atom stereocenters. The molecule has 50 heavy (non-hydrogen) atoms. The standard InChI is InChI=1S/C37H35N5O6P2/c43-49(44,45)26-4-20-41-22-16-30(17-23-41)28-8-12-33(13-9-28)36-38-35(32-6-2-1-3-7-32)39-37(40-36)34-14-10-29(11-15-34)31-18-24-42(25-19-31)21-5-27-50(46,47)48/h1-3,6-19,22-25H,4-5,20-21,26-27H2,(H2-2,43,44,45,46,47,48)/p+2. The van der Waals surface area contributed by atoms with Crippen LogP contribution in [-0.2, 0) is 22.2 Å². The first-order chi connectivity index (χ1) is 24.0. The molecule has 11 nitrogen and oxygen atoms in total. The van der Waals surface area contributed by atoms with Crippen molar-refractivity contribution in [2.75, 3.05) is 12.3 Å². The van der Waals surface area contributed by atoms with Crippen LogP contribution >= 0.6 is 15.2 Å². The van der Waals surface area contributed by atoms with E-state index in [1.807, 2.05) is 137 Å². The molecule has 0 amide bonds. The highest BCUT2D eigenvalue weighted by molar-refractivity contribution is 7.52. The van der Waals surface area contributed by atoms with Crippen LogP contribution in [0.2, 0.25) is 0 Å². The van der Waals surface area contributed by atoms with Crippen molar-refractivity contribution in [3.63, 3.8) is 0 Å². The number of pyridine rings is 2. The van der Waals surface area contributed by atoms with E-state index in [-0.39, 0.29) is 12.3 Å². The van der Waals surface area contributed by atoms with Crippen LogP contribution in [0.5, 0.6) is 0 Å². The first-order valence-electron chi connectivity index (χ1n) is 16.1. The normalized spacial score (nSPS) is 11.8. The summed E-state index contributed by atoms with van der Waals surface area (Å²) in [6.07, 6.45) is 8.15. The van der Waals surface area contributed by atoms with Crippen LogP contribution < -0.4 is 9.13 Å². The van der Waals surface area contributed by atoms with Gasteiger partial charge in [0, 0.05) is 53.8 Å². The fraction of sp³-hybridized carbons (Fsp3) is 0.162. The highest BCUT2D eigenvalue weighted by atomic mass is 31.2. The third kappa shape index (κ3) is 9.70. The number of nitrogens with zero attached hydrogens (tertiary/aromatic N) is 5. The molecule has 4 N–H and O–H groups in total. The highest BCUT2D eigenvalue weighted by Crippen LogP contribution is 2.35. The van der Waals surface area contributed by atoms with Gasteiger partial charge >= 0.3 is 15.2 Å². The van der Waals surface area contributed by atoms with Crippen molar-refractivity contribution < 1.29 is 37.8 Å². The predicted octanol–water partition coefficient (Wildman–Crippen LogP) is 5.92. The fourth-order valence-electron chi connectivity index (χ4n) is 5.49. The Morgan fingerprint density at radius 2 is 0.720 bits per heavy atom.